The van der Waals surface area contributed by atoms with Crippen LogP contribution in [-0.4, -0.2) is 51.1 Å². The maximum absolute atomic E-state index is 11.7. The van der Waals surface area contributed by atoms with Gasteiger partial charge in [-0.05, 0) is 46.4 Å². The van der Waals surface area contributed by atoms with E-state index in [0.29, 0.717) is 0 Å². The largest absolute Gasteiger partial charge is 0.359 e. The SMILES string of the molecule is CNCCCN1CCC(C)(C(=O)NC)C1. The van der Waals surface area contributed by atoms with Gasteiger partial charge in [-0.1, -0.05) is 0 Å². The summed E-state index contributed by atoms with van der Waals surface area (Å²) in [5.41, 5.74) is -0.172. The zero-order chi connectivity index (χ0) is 11.3. The van der Waals surface area contributed by atoms with Crippen LogP contribution in [0.2, 0.25) is 0 Å². The summed E-state index contributed by atoms with van der Waals surface area (Å²) in [5, 5.41) is 5.90. The number of rotatable bonds is 5. The molecule has 15 heavy (non-hydrogen) atoms. The van der Waals surface area contributed by atoms with E-state index in [1.165, 1.54) is 0 Å². The van der Waals surface area contributed by atoms with Crippen LogP contribution >= 0.6 is 0 Å². The highest BCUT2D eigenvalue weighted by Crippen LogP contribution is 2.29. The summed E-state index contributed by atoms with van der Waals surface area (Å²) >= 11 is 0. The van der Waals surface area contributed by atoms with E-state index in [-0.39, 0.29) is 11.3 Å². The van der Waals surface area contributed by atoms with E-state index >= 15 is 0 Å². The van der Waals surface area contributed by atoms with Gasteiger partial charge in [0, 0.05) is 13.6 Å². The molecule has 2 N–H and O–H groups in total. The maximum atomic E-state index is 11.7. The number of carbonyl (C=O) groups is 1. The number of carbonyl (C=O) groups excluding carboxylic acids is 1. The van der Waals surface area contributed by atoms with E-state index in [9.17, 15) is 4.79 Å². The summed E-state index contributed by atoms with van der Waals surface area (Å²) in [7, 11) is 3.69. The minimum Gasteiger partial charge on any atom is -0.359 e. The van der Waals surface area contributed by atoms with Crippen LogP contribution in [0.5, 0.6) is 0 Å². The second kappa shape index (κ2) is 5.47. The lowest BCUT2D eigenvalue weighted by molar-refractivity contribution is -0.129. The van der Waals surface area contributed by atoms with Crippen molar-refractivity contribution in [1.29, 1.82) is 0 Å². The van der Waals surface area contributed by atoms with Crippen molar-refractivity contribution in [3.8, 4) is 0 Å². The number of nitrogens with one attached hydrogen (secondary N) is 2. The highest BCUT2D eigenvalue weighted by molar-refractivity contribution is 5.82. The number of hydrogen-bond acceptors (Lipinski definition) is 3. The van der Waals surface area contributed by atoms with Crippen LogP contribution in [0.25, 0.3) is 0 Å². The van der Waals surface area contributed by atoms with Gasteiger partial charge in [0.05, 0.1) is 5.41 Å². The van der Waals surface area contributed by atoms with Crippen LogP contribution in [0.4, 0.5) is 0 Å². The van der Waals surface area contributed by atoms with Gasteiger partial charge in [0.25, 0.3) is 0 Å². The molecule has 0 radical (unpaired) electrons. The third kappa shape index (κ3) is 3.18. The van der Waals surface area contributed by atoms with Gasteiger partial charge in [-0.3, -0.25) is 4.79 Å². The Kier molecular flexibility index (Phi) is 4.54. The molecule has 1 heterocycles. The molecule has 1 fully saturated rings. The van der Waals surface area contributed by atoms with Gasteiger partial charge in [-0.15, -0.1) is 0 Å². The quantitative estimate of drug-likeness (QED) is 0.635. The molecule has 0 spiro atoms. The van der Waals surface area contributed by atoms with Crippen molar-refractivity contribution in [1.82, 2.24) is 15.5 Å². The smallest absolute Gasteiger partial charge is 0.227 e. The Morgan fingerprint density at radius 1 is 1.47 bits per heavy atom. The summed E-state index contributed by atoms with van der Waals surface area (Å²) in [6, 6.07) is 0. The zero-order valence-corrected chi connectivity index (χ0v) is 10.1. The van der Waals surface area contributed by atoms with Crippen molar-refractivity contribution < 1.29 is 4.79 Å². The van der Waals surface area contributed by atoms with Crippen molar-refractivity contribution >= 4 is 5.91 Å². The predicted octanol–water partition coefficient (Wildman–Crippen LogP) is 0.0539. The molecule has 0 aromatic carbocycles. The first-order chi connectivity index (χ1) is 7.12. The van der Waals surface area contributed by atoms with Crippen LogP contribution in [0.3, 0.4) is 0 Å². The van der Waals surface area contributed by atoms with Crippen LogP contribution in [0.15, 0.2) is 0 Å². The number of likely N-dealkylation sites (tertiary alicyclic amines) is 1. The van der Waals surface area contributed by atoms with Gasteiger partial charge in [0.2, 0.25) is 5.91 Å². The van der Waals surface area contributed by atoms with Crippen LogP contribution in [0, 0.1) is 5.41 Å². The van der Waals surface area contributed by atoms with Crippen LogP contribution < -0.4 is 10.6 Å². The van der Waals surface area contributed by atoms with Crippen molar-refractivity contribution in [2.24, 2.45) is 5.41 Å². The van der Waals surface area contributed by atoms with Crippen LogP contribution in [0.1, 0.15) is 19.8 Å². The second-order valence-electron chi connectivity index (χ2n) is 4.62. The predicted molar refractivity (Wildman–Crippen MR) is 61.8 cm³/mol. The topological polar surface area (TPSA) is 44.4 Å². The van der Waals surface area contributed by atoms with Crippen molar-refractivity contribution in [2.45, 2.75) is 19.8 Å². The molecule has 1 atom stereocenters. The molecule has 88 valence electrons. The first-order valence-electron chi connectivity index (χ1n) is 5.71. The fraction of sp³-hybridized carbons (Fsp3) is 0.909. The van der Waals surface area contributed by atoms with E-state index in [4.69, 9.17) is 0 Å². The normalized spacial score (nSPS) is 26.9. The van der Waals surface area contributed by atoms with E-state index in [0.717, 1.165) is 39.0 Å². The highest BCUT2D eigenvalue weighted by atomic mass is 16.2. The molecule has 0 aliphatic carbocycles. The summed E-state index contributed by atoms with van der Waals surface area (Å²) in [5.74, 6) is 0.179. The monoisotopic (exact) mass is 213 g/mol. The first kappa shape index (κ1) is 12.5. The molecule has 1 saturated heterocycles. The van der Waals surface area contributed by atoms with Gasteiger partial charge < -0.3 is 15.5 Å². The number of amides is 1. The molecule has 1 unspecified atom stereocenters. The first-order valence-corrected chi connectivity index (χ1v) is 5.71. The number of nitrogens with zero attached hydrogens (tertiary/aromatic N) is 1. The lowest BCUT2D eigenvalue weighted by atomic mass is 9.89. The molecular weight excluding hydrogens is 190 g/mol. The summed E-state index contributed by atoms with van der Waals surface area (Å²) in [4.78, 5) is 14.0. The Morgan fingerprint density at radius 2 is 2.20 bits per heavy atom. The zero-order valence-electron chi connectivity index (χ0n) is 10.1. The molecule has 1 rings (SSSR count). The Morgan fingerprint density at radius 3 is 2.80 bits per heavy atom. The summed E-state index contributed by atoms with van der Waals surface area (Å²) in [6.07, 6.45) is 2.13. The van der Waals surface area contributed by atoms with Gasteiger partial charge in [0.1, 0.15) is 0 Å². The molecule has 0 bridgehead atoms. The van der Waals surface area contributed by atoms with Crippen molar-refractivity contribution in [2.75, 3.05) is 40.3 Å². The van der Waals surface area contributed by atoms with Crippen molar-refractivity contribution in [3.05, 3.63) is 0 Å². The van der Waals surface area contributed by atoms with E-state index in [1.54, 1.807) is 7.05 Å². The number of hydrogen-bond donors (Lipinski definition) is 2. The van der Waals surface area contributed by atoms with E-state index < -0.39 is 0 Å². The molecular formula is C11H23N3O. The van der Waals surface area contributed by atoms with Crippen molar-refractivity contribution in [3.63, 3.8) is 0 Å². The van der Waals surface area contributed by atoms with E-state index in [2.05, 4.69) is 22.5 Å². The average Bonchev–Trinajstić information content (AvgIpc) is 2.61. The third-order valence-electron chi connectivity index (χ3n) is 3.23. The molecule has 0 saturated carbocycles. The highest BCUT2D eigenvalue weighted by Gasteiger charge is 2.39. The fourth-order valence-electron chi connectivity index (χ4n) is 2.21. The Labute approximate surface area is 92.4 Å². The van der Waals surface area contributed by atoms with Gasteiger partial charge in [-0.2, -0.15) is 0 Å². The minimum absolute atomic E-state index is 0.172. The second-order valence-corrected chi connectivity index (χ2v) is 4.62. The van der Waals surface area contributed by atoms with Gasteiger partial charge in [-0.25, -0.2) is 0 Å². The minimum atomic E-state index is -0.172. The molecule has 0 aromatic rings. The molecule has 0 aromatic heterocycles. The average molecular weight is 213 g/mol. The molecule has 1 amide bonds. The molecule has 1 aliphatic heterocycles. The lowest BCUT2D eigenvalue weighted by Gasteiger charge is -2.22. The van der Waals surface area contributed by atoms with E-state index in [1.807, 2.05) is 7.05 Å². The Bertz CT molecular complexity index is 220. The maximum Gasteiger partial charge on any atom is 0.227 e. The van der Waals surface area contributed by atoms with Gasteiger partial charge >= 0.3 is 0 Å². The summed E-state index contributed by atoms with van der Waals surface area (Å²) < 4.78 is 0. The Balaban J connectivity index is 2.34. The third-order valence-corrected chi connectivity index (χ3v) is 3.23. The molecule has 4 nitrogen and oxygen atoms in total. The van der Waals surface area contributed by atoms with Crippen LogP contribution in [-0.2, 0) is 4.79 Å². The standard InChI is InChI=1S/C11H23N3O/c1-11(10(15)13-3)5-8-14(9-11)7-4-6-12-2/h12H,4-9H2,1-3H3,(H,13,15). The molecule has 4 heteroatoms. The fourth-order valence-corrected chi connectivity index (χ4v) is 2.21. The summed E-state index contributed by atoms with van der Waals surface area (Å²) in [6.45, 7) is 6.15. The Hall–Kier alpha value is -0.610. The lowest BCUT2D eigenvalue weighted by Crippen LogP contribution is -2.39. The van der Waals surface area contributed by atoms with Gasteiger partial charge in [0.15, 0.2) is 0 Å². The molecule has 1 aliphatic rings.